The van der Waals surface area contributed by atoms with Crippen LogP contribution >= 0.6 is 0 Å². The minimum Gasteiger partial charge on any atom is -0.493 e. The fourth-order valence-electron chi connectivity index (χ4n) is 3.38. The lowest BCUT2D eigenvalue weighted by atomic mass is 10.1. The van der Waals surface area contributed by atoms with Gasteiger partial charge in [0.05, 0.1) is 19.1 Å². The molecule has 7 heteroatoms. The van der Waals surface area contributed by atoms with E-state index >= 15 is 0 Å². The molecule has 2 aromatic rings. The molecule has 1 N–H and O–H groups in total. The van der Waals surface area contributed by atoms with Gasteiger partial charge < -0.3 is 19.5 Å². The summed E-state index contributed by atoms with van der Waals surface area (Å²) >= 11 is 0. The molecule has 1 aliphatic heterocycles. The van der Waals surface area contributed by atoms with Gasteiger partial charge in [-0.25, -0.2) is 9.18 Å². The Morgan fingerprint density at radius 2 is 1.83 bits per heavy atom. The largest absolute Gasteiger partial charge is 0.493 e. The summed E-state index contributed by atoms with van der Waals surface area (Å²) < 4.78 is 24.8. The highest BCUT2D eigenvalue weighted by molar-refractivity contribution is 5.86. The number of carbonyl (C=O) groups excluding carboxylic acids is 2. The number of halogens is 1. The van der Waals surface area contributed by atoms with Gasteiger partial charge >= 0.3 is 5.97 Å². The Labute approximate surface area is 168 Å². The molecule has 1 amide bonds. The molecule has 0 aromatic heterocycles. The quantitative estimate of drug-likeness (QED) is 0.722. The van der Waals surface area contributed by atoms with Crippen LogP contribution in [0.1, 0.15) is 24.5 Å². The number of likely N-dealkylation sites (tertiary alicyclic amines) is 1. The van der Waals surface area contributed by atoms with Crippen LogP contribution in [0, 0.1) is 5.82 Å². The summed E-state index contributed by atoms with van der Waals surface area (Å²) in [7, 11) is 0. The molecule has 2 aromatic carbocycles. The average Bonchev–Trinajstić information content (AvgIpc) is 3.11. The number of para-hydroxylation sites is 1. The van der Waals surface area contributed by atoms with E-state index in [0.717, 1.165) is 0 Å². The minimum absolute atomic E-state index is 0.00303. The lowest BCUT2D eigenvalue weighted by Gasteiger charge is -2.23. The van der Waals surface area contributed by atoms with Crippen molar-refractivity contribution in [2.24, 2.45) is 0 Å². The molecular weight excluding hydrogens is 377 g/mol. The molecular formula is C22H24FNO5. The van der Waals surface area contributed by atoms with Crippen molar-refractivity contribution in [2.45, 2.75) is 38.5 Å². The van der Waals surface area contributed by atoms with Crippen molar-refractivity contribution in [1.29, 1.82) is 0 Å². The van der Waals surface area contributed by atoms with E-state index in [4.69, 9.17) is 9.47 Å². The second-order valence-corrected chi connectivity index (χ2v) is 6.87. The van der Waals surface area contributed by atoms with Crippen LogP contribution in [0.4, 0.5) is 4.39 Å². The molecule has 29 heavy (non-hydrogen) atoms. The lowest BCUT2D eigenvalue weighted by Crippen LogP contribution is -2.42. The van der Waals surface area contributed by atoms with Crippen LogP contribution in [0.15, 0.2) is 48.5 Å². The summed E-state index contributed by atoms with van der Waals surface area (Å²) in [4.78, 5) is 26.6. The fraction of sp³-hybridized carbons (Fsp3) is 0.364. The van der Waals surface area contributed by atoms with E-state index in [1.165, 1.54) is 17.0 Å². The molecule has 3 rings (SSSR count). The van der Waals surface area contributed by atoms with Gasteiger partial charge in [-0.05, 0) is 24.6 Å². The Balaban J connectivity index is 1.66. The highest BCUT2D eigenvalue weighted by Gasteiger charge is 2.40. The Kier molecular flexibility index (Phi) is 6.82. The number of esters is 1. The molecule has 2 atom stereocenters. The molecule has 0 saturated carbocycles. The molecule has 0 aliphatic carbocycles. The Bertz CT molecular complexity index is 872. The maximum absolute atomic E-state index is 13.9. The summed E-state index contributed by atoms with van der Waals surface area (Å²) in [5.74, 6) is -0.882. The van der Waals surface area contributed by atoms with Crippen molar-refractivity contribution in [3.63, 3.8) is 0 Å². The van der Waals surface area contributed by atoms with Gasteiger partial charge in [0, 0.05) is 18.5 Å². The number of β-amino-alcohol motifs (C(OH)–C–C–N with tert-alkyl or cyclic N) is 1. The third kappa shape index (κ3) is 5.12. The summed E-state index contributed by atoms with van der Waals surface area (Å²) in [6.07, 6.45) is -0.918. The second-order valence-electron chi connectivity index (χ2n) is 6.87. The number of benzene rings is 2. The summed E-state index contributed by atoms with van der Waals surface area (Å²) in [5, 5.41) is 9.99. The first-order valence-electron chi connectivity index (χ1n) is 9.57. The summed E-state index contributed by atoms with van der Waals surface area (Å²) in [5.41, 5.74) is 0.960. The van der Waals surface area contributed by atoms with E-state index in [2.05, 4.69) is 0 Å². The van der Waals surface area contributed by atoms with E-state index < -0.39 is 29.8 Å². The van der Waals surface area contributed by atoms with Crippen molar-refractivity contribution >= 4 is 11.9 Å². The van der Waals surface area contributed by atoms with E-state index in [-0.39, 0.29) is 31.6 Å². The number of hydrogen-bond donors (Lipinski definition) is 1. The minimum atomic E-state index is -0.900. The first-order chi connectivity index (χ1) is 14.0. The average molecular weight is 401 g/mol. The molecule has 1 fully saturated rings. The van der Waals surface area contributed by atoms with Crippen LogP contribution in [0.5, 0.6) is 5.75 Å². The van der Waals surface area contributed by atoms with Crippen LogP contribution in [0.3, 0.4) is 0 Å². The molecule has 0 spiro atoms. The first-order valence-corrected chi connectivity index (χ1v) is 9.57. The molecule has 6 nitrogen and oxygen atoms in total. The van der Waals surface area contributed by atoms with E-state index in [1.54, 1.807) is 24.3 Å². The summed E-state index contributed by atoms with van der Waals surface area (Å²) in [6, 6.07) is 12.3. The molecule has 1 heterocycles. The van der Waals surface area contributed by atoms with Crippen LogP contribution < -0.4 is 4.74 Å². The number of aliphatic hydroxyl groups is 1. The van der Waals surface area contributed by atoms with Crippen molar-refractivity contribution < 1.29 is 28.6 Å². The monoisotopic (exact) mass is 401 g/mol. The maximum Gasteiger partial charge on any atom is 0.329 e. The number of rotatable bonds is 7. The Morgan fingerprint density at radius 1 is 1.14 bits per heavy atom. The van der Waals surface area contributed by atoms with Gasteiger partial charge in [-0.1, -0.05) is 36.4 Å². The van der Waals surface area contributed by atoms with E-state index in [1.807, 2.05) is 19.1 Å². The maximum atomic E-state index is 13.9. The molecule has 0 bridgehead atoms. The standard InChI is InChI=1S/C22H24FNO5/c1-2-28-20-10-6-4-8-16(20)14-29-22(27)19-12-17(25)13-24(19)21(26)11-15-7-3-5-9-18(15)23/h3-10,17,19,25H,2,11-14H2,1H3. The third-order valence-electron chi connectivity index (χ3n) is 4.81. The highest BCUT2D eigenvalue weighted by Crippen LogP contribution is 2.23. The number of nitrogens with zero attached hydrogens (tertiary/aromatic N) is 1. The Morgan fingerprint density at radius 3 is 2.55 bits per heavy atom. The molecule has 154 valence electrons. The molecule has 1 aliphatic rings. The van der Waals surface area contributed by atoms with Gasteiger partial charge in [0.25, 0.3) is 0 Å². The second kappa shape index (κ2) is 9.52. The van der Waals surface area contributed by atoms with E-state index in [0.29, 0.717) is 17.9 Å². The van der Waals surface area contributed by atoms with Gasteiger partial charge in [0.1, 0.15) is 24.2 Å². The van der Waals surface area contributed by atoms with Crippen molar-refractivity contribution in [1.82, 2.24) is 4.90 Å². The van der Waals surface area contributed by atoms with Gasteiger partial charge in [-0.2, -0.15) is 0 Å². The van der Waals surface area contributed by atoms with Crippen molar-refractivity contribution in [2.75, 3.05) is 13.2 Å². The lowest BCUT2D eigenvalue weighted by molar-refractivity contribution is -0.154. The third-order valence-corrected chi connectivity index (χ3v) is 4.81. The number of ether oxygens (including phenoxy) is 2. The number of hydrogen-bond acceptors (Lipinski definition) is 5. The van der Waals surface area contributed by atoms with Crippen LogP contribution in [0.25, 0.3) is 0 Å². The fourth-order valence-corrected chi connectivity index (χ4v) is 3.38. The molecule has 1 saturated heterocycles. The smallest absolute Gasteiger partial charge is 0.329 e. The molecule has 0 radical (unpaired) electrons. The zero-order valence-corrected chi connectivity index (χ0v) is 16.2. The van der Waals surface area contributed by atoms with Gasteiger partial charge in [-0.3, -0.25) is 4.79 Å². The van der Waals surface area contributed by atoms with Crippen molar-refractivity contribution in [3.8, 4) is 5.75 Å². The predicted octanol–water partition coefficient (Wildman–Crippen LogP) is 2.47. The highest BCUT2D eigenvalue weighted by atomic mass is 19.1. The SMILES string of the molecule is CCOc1ccccc1COC(=O)C1CC(O)CN1C(=O)Cc1ccccc1F. The topological polar surface area (TPSA) is 76.1 Å². The van der Waals surface area contributed by atoms with Crippen LogP contribution in [-0.2, 0) is 27.4 Å². The zero-order valence-electron chi connectivity index (χ0n) is 16.2. The first kappa shape index (κ1) is 20.8. The number of carbonyl (C=O) groups is 2. The molecule has 2 unspecified atom stereocenters. The number of aliphatic hydroxyl groups excluding tert-OH is 1. The van der Waals surface area contributed by atoms with Gasteiger partial charge in [-0.15, -0.1) is 0 Å². The Hall–Kier alpha value is -2.93. The van der Waals surface area contributed by atoms with Gasteiger partial charge in [0.2, 0.25) is 5.91 Å². The van der Waals surface area contributed by atoms with Crippen LogP contribution in [-0.4, -0.2) is 47.2 Å². The van der Waals surface area contributed by atoms with Gasteiger partial charge in [0.15, 0.2) is 0 Å². The normalized spacial score (nSPS) is 18.5. The number of amides is 1. The van der Waals surface area contributed by atoms with Crippen molar-refractivity contribution in [3.05, 3.63) is 65.5 Å². The zero-order chi connectivity index (χ0) is 20.8. The van der Waals surface area contributed by atoms with Crippen LogP contribution in [0.2, 0.25) is 0 Å². The van der Waals surface area contributed by atoms with E-state index in [9.17, 15) is 19.1 Å². The summed E-state index contributed by atoms with van der Waals surface area (Å²) in [6.45, 7) is 2.36. The predicted molar refractivity (Wildman–Crippen MR) is 104 cm³/mol.